The average Bonchev–Trinajstić information content (AvgIpc) is 3.34. The molecule has 42 heavy (non-hydrogen) atoms. The number of benzene rings is 3. The second-order valence-corrected chi connectivity index (χ2v) is 10.2. The van der Waals surface area contributed by atoms with Crippen molar-refractivity contribution in [1.29, 1.82) is 0 Å². The smallest absolute Gasteiger partial charge is 0.325 e. The molecule has 1 saturated heterocycles. The first kappa shape index (κ1) is 28.5. The van der Waals surface area contributed by atoms with Gasteiger partial charge in [0.05, 0.1) is 23.3 Å². The molecule has 0 saturated carbocycles. The highest BCUT2D eigenvalue weighted by Crippen LogP contribution is 2.39. The van der Waals surface area contributed by atoms with E-state index >= 15 is 0 Å². The van der Waals surface area contributed by atoms with E-state index in [2.05, 4.69) is 25.6 Å². The summed E-state index contributed by atoms with van der Waals surface area (Å²) < 4.78 is 4.56. The molecule has 0 aromatic heterocycles. The first-order chi connectivity index (χ1) is 20.3. The maximum atomic E-state index is 13.3. The van der Waals surface area contributed by atoms with Crippen LogP contribution in [0.3, 0.4) is 0 Å². The van der Waals surface area contributed by atoms with E-state index in [4.69, 9.17) is 0 Å². The van der Waals surface area contributed by atoms with E-state index in [1.807, 2.05) is 24.3 Å². The van der Waals surface area contributed by atoms with Gasteiger partial charge in [0.25, 0.3) is 17.5 Å². The lowest BCUT2D eigenvalue weighted by molar-refractivity contribution is -0.384. The Morgan fingerprint density at radius 2 is 1.67 bits per heavy atom. The number of hydrogen-bond acceptors (Lipinski definition) is 8. The largest absolute Gasteiger partial charge is 0.468 e. The van der Waals surface area contributed by atoms with Crippen molar-refractivity contribution in [2.75, 3.05) is 37.4 Å². The summed E-state index contributed by atoms with van der Waals surface area (Å²) >= 11 is 0. The first-order valence-electron chi connectivity index (χ1n) is 13.7. The second kappa shape index (κ2) is 12.6. The van der Waals surface area contributed by atoms with Crippen LogP contribution in [0.5, 0.6) is 0 Å². The molecule has 216 valence electrons. The fraction of sp³-hybridized carbons (Fsp3) is 0.258. The summed E-state index contributed by atoms with van der Waals surface area (Å²) in [6, 6.07) is 18.7. The summed E-state index contributed by atoms with van der Waals surface area (Å²) in [7, 11) is 1.24. The SMILES string of the molecule is COC(=O)CNC(=O)c1ccc(C(Nc2ccc(CN3CCCCC3)cc2)=C2C(=O)Nc3ccc([N+](=O)[O-])cc32)cc1. The van der Waals surface area contributed by atoms with E-state index in [9.17, 15) is 24.5 Å². The minimum atomic E-state index is -0.571. The van der Waals surface area contributed by atoms with Crippen LogP contribution in [0.4, 0.5) is 17.1 Å². The molecule has 2 amide bonds. The van der Waals surface area contributed by atoms with Crippen molar-refractivity contribution < 1.29 is 24.0 Å². The van der Waals surface area contributed by atoms with Gasteiger partial charge in [0.1, 0.15) is 6.54 Å². The molecule has 3 N–H and O–H groups in total. The summed E-state index contributed by atoms with van der Waals surface area (Å²) in [5.74, 6) is -1.44. The molecule has 0 unspecified atom stereocenters. The number of piperidine rings is 1. The number of non-ortho nitro benzene ring substituents is 1. The Labute approximate surface area is 242 Å². The molecule has 1 fully saturated rings. The number of hydrogen-bond donors (Lipinski definition) is 3. The second-order valence-electron chi connectivity index (χ2n) is 10.2. The Bertz CT molecular complexity index is 1540. The number of anilines is 2. The van der Waals surface area contributed by atoms with Crippen molar-refractivity contribution in [2.24, 2.45) is 0 Å². The van der Waals surface area contributed by atoms with Crippen LogP contribution in [0.1, 0.15) is 46.3 Å². The van der Waals surface area contributed by atoms with E-state index in [1.54, 1.807) is 24.3 Å². The van der Waals surface area contributed by atoms with Gasteiger partial charge in [0.15, 0.2) is 0 Å². The van der Waals surface area contributed by atoms with Crippen molar-refractivity contribution in [3.63, 3.8) is 0 Å². The van der Waals surface area contributed by atoms with Crippen LogP contribution in [0, 0.1) is 10.1 Å². The molecule has 0 spiro atoms. The van der Waals surface area contributed by atoms with Crippen LogP contribution in [-0.2, 0) is 20.9 Å². The molecule has 0 aliphatic carbocycles. The molecule has 3 aromatic carbocycles. The number of methoxy groups -OCH3 is 1. The minimum absolute atomic E-state index is 0.137. The zero-order chi connectivity index (χ0) is 29.6. The number of nitrogens with one attached hydrogen (secondary N) is 3. The number of nitro benzene ring substituents is 1. The molecular weight excluding hydrogens is 538 g/mol. The van der Waals surface area contributed by atoms with E-state index < -0.39 is 22.7 Å². The van der Waals surface area contributed by atoms with Crippen LogP contribution in [0.15, 0.2) is 66.7 Å². The number of esters is 1. The van der Waals surface area contributed by atoms with Crippen LogP contribution in [0.25, 0.3) is 11.3 Å². The molecule has 2 aliphatic heterocycles. The molecule has 11 heteroatoms. The number of fused-ring (bicyclic) bond motifs is 1. The van der Waals surface area contributed by atoms with Gasteiger partial charge in [-0.2, -0.15) is 0 Å². The van der Waals surface area contributed by atoms with Crippen LogP contribution in [-0.4, -0.2) is 54.4 Å². The molecule has 2 heterocycles. The molecule has 0 bridgehead atoms. The van der Waals surface area contributed by atoms with E-state index in [0.29, 0.717) is 28.1 Å². The van der Waals surface area contributed by atoms with Gasteiger partial charge >= 0.3 is 5.97 Å². The van der Waals surface area contributed by atoms with Crippen LogP contribution in [0.2, 0.25) is 0 Å². The van der Waals surface area contributed by atoms with Gasteiger partial charge in [-0.3, -0.25) is 29.4 Å². The number of carbonyl (C=O) groups is 3. The van der Waals surface area contributed by atoms with Crippen molar-refractivity contribution >= 4 is 46.1 Å². The Kier molecular flexibility index (Phi) is 8.58. The molecular formula is C31H31N5O6. The number of amides is 2. The maximum absolute atomic E-state index is 13.3. The van der Waals surface area contributed by atoms with Crippen molar-refractivity contribution in [2.45, 2.75) is 25.8 Å². The molecule has 3 aromatic rings. The highest BCUT2D eigenvalue weighted by Gasteiger charge is 2.30. The number of ether oxygens (including phenoxy) is 1. The van der Waals surface area contributed by atoms with Gasteiger partial charge < -0.3 is 20.7 Å². The molecule has 5 rings (SSSR count). The van der Waals surface area contributed by atoms with Crippen molar-refractivity contribution in [1.82, 2.24) is 10.2 Å². The van der Waals surface area contributed by atoms with Crippen molar-refractivity contribution in [3.8, 4) is 0 Å². The minimum Gasteiger partial charge on any atom is -0.468 e. The summed E-state index contributed by atoms with van der Waals surface area (Å²) in [4.78, 5) is 50.6. The summed E-state index contributed by atoms with van der Waals surface area (Å²) in [5.41, 5.74) is 4.20. The topological polar surface area (TPSA) is 143 Å². The lowest BCUT2D eigenvalue weighted by Crippen LogP contribution is -2.30. The van der Waals surface area contributed by atoms with Gasteiger partial charge in [0.2, 0.25) is 0 Å². The monoisotopic (exact) mass is 569 g/mol. The predicted molar refractivity (Wildman–Crippen MR) is 159 cm³/mol. The number of nitro groups is 1. The molecule has 0 radical (unpaired) electrons. The van der Waals surface area contributed by atoms with Gasteiger partial charge in [-0.15, -0.1) is 0 Å². The zero-order valence-electron chi connectivity index (χ0n) is 23.1. The average molecular weight is 570 g/mol. The van der Waals surface area contributed by atoms with Gasteiger partial charge in [-0.1, -0.05) is 30.7 Å². The number of carbonyl (C=O) groups excluding carboxylic acids is 3. The standard InChI is InChI=1S/C31H31N5O6/c1-42-27(37)18-32-30(38)22-9-7-21(8-10-22)29(28-25-17-24(36(40)41)13-14-26(25)34-31(28)39)33-23-11-5-20(6-12-23)19-35-15-3-2-4-16-35/h5-14,17,33H,2-4,15-16,18-19H2,1H3,(H,32,38)(H,34,39). The quantitative estimate of drug-likeness (QED) is 0.149. The Balaban J connectivity index is 1.48. The number of likely N-dealkylation sites (tertiary alicyclic amines) is 1. The number of rotatable bonds is 9. The summed E-state index contributed by atoms with van der Waals surface area (Å²) in [5, 5.41) is 20.2. The maximum Gasteiger partial charge on any atom is 0.325 e. The van der Waals surface area contributed by atoms with E-state index in [-0.39, 0.29) is 17.8 Å². The summed E-state index contributed by atoms with van der Waals surface area (Å²) in [6.07, 6.45) is 3.70. The van der Waals surface area contributed by atoms with Gasteiger partial charge in [-0.25, -0.2) is 0 Å². The third kappa shape index (κ3) is 6.47. The highest BCUT2D eigenvalue weighted by molar-refractivity contribution is 6.37. The molecule has 2 aliphatic rings. The third-order valence-electron chi connectivity index (χ3n) is 7.34. The fourth-order valence-electron chi connectivity index (χ4n) is 5.12. The van der Waals surface area contributed by atoms with Gasteiger partial charge in [0, 0.05) is 41.2 Å². The predicted octanol–water partition coefficient (Wildman–Crippen LogP) is 4.42. The van der Waals surface area contributed by atoms with Crippen LogP contribution >= 0.6 is 0 Å². The first-order valence-corrected chi connectivity index (χ1v) is 13.7. The Morgan fingerprint density at radius 1 is 0.976 bits per heavy atom. The lowest BCUT2D eigenvalue weighted by atomic mass is 9.98. The normalized spacial score (nSPS) is 15.8. The van der Waals surface area contributed by atoms with Crippen molar-refractivity contribution in [3.05, 3.63) is 99.1 Å². The molecule has 11 nitrogen and oxygen atoms in total. The molecule has 0 atom stereocenters. The van der Waals surface area contributed by atoms with E-state index in [1.165, 1.54) is 50.1 Å². The fourth-order valence-corrected chi connectivity index (χ4v) is 5.12. The number of nitrogens with zero attached hydrogens (tertiary/aromatic N) is 2. The lowest BCUT2D eigenvalue weighted by Gasteiger charge is -2.26. The summed E-state index contributed by atoms with van der Waals surface area (Å²) in [6.45, 7) is 2.78. The zero-order valence-corrected chi connectivity index (χ0v) is 23.1. The third-order valence-corrected chi connectivity index (χ3v) is 7.34. The van der Waals surface area contributed by atoms with Crippen LogP contribution < -0.4 is 16.0 Å². The van der Waals surface area contributed by atoms with Gasteiger partial charge in [-0.05, 0) is 67.4 Å². The Morgan fingerprint density at radius 3 is 2.33 bits per heavy atom. The highest BCUT2D eigenvalue weighted by atomic mass is 16.6. The van der Waals surface area contributed by atoms with E-state index in [0.717, 1.165) is 25.3 Å². The Hall–Kier alpha value is -5.03.